The lowest BCUT2D eigenvalue weighted by molar-refractivity contribution is 0.198. The zero-order valence-electron chi connectivity index (χ0n) is 5.98. The molecule has 0 bridgehead atoms. The van der Waals surface area contributed by atoms with Crippen LogP contribution in [0.2, 0.25) is 0 Å². The fraction of sp³-hybridized carbons (Fsp3) is 0.714. The summed E-state index contributed by atoms with van der Waals surface area (Å²) in [7, 11) is 1.64. The molecular weight excluding hydrogens is 114 g/mol. The first kappa shape index (κ1) is 8.45. The number of rotatable bonds is 4. The van der Waals surface area contributed by atoms with Crippen molar-refractivity contribution < 1.29 is 4.74 Å². The van der Waals surface area contributed by atoms with E-state index in [0.717, 1.165) is 18.8 Å². The number of ether oxygens (including phenoxy) is 1. The van der Waals surface area contributed by atoms with Gasteiger partial charge in [0.05, 0.1) is 12.0 Å². The van der Waals surface area contributed by atoms with Crippen LogP contribution in [0.1, 0.15) is 19.8 Å². The number of nitriles is 1. The highest BCUT2D eigenvalue weighted by Gasteiger charge is 2.02. The third kappa shape index (κ3) is 3.99. The minimum atomic E-state index is 0.663. The summed E-state index contributed by atoms with van der Waals surface area (Å²) in [6.45, 7) is 2.64. The predicted molar refractivity (Wildman–Crippen MR) is 35.6 cm³/mol. The van der Waals surface area contributed by atoms with Crippen LogP contribution in [0.3, 0.4) is 0 Å². The summed E-state index contributed by atoms with van der Waals surface area (Å²) in [6, 6.07) is 2.12. The van der Waals surface area contributed by atoms with Crippen molar-refractivity contribution in [2.24, 2.45) is 0 Å². The number of nitrogens with zero attached hydrogens (tertiary/aromatic N) is 1. The molecule has 0 atom stereocenters. The molecule has 0 rings (SSSR count). The Bertz CT molecular complexity index is 95.6. The Morgan fingerprint density at radius 2 is 2.33 bits per heavy atom. The van der Waals surface area contributed by atoms with Crippen LogP contribution in [0.4, 0.5) is 0 Å². The first-order chi connectivity index (χ1) is 4.35. The van der Waals surface area contributed by atoms with E-state index in [1.807, 2.05) is 6.92 Å². The molecule has 1 radical (unpaired) electrons. The molecule has 0 aliphatic carbocycles. The molecule has 0 saturated carbocycles. The Morgan fingerprint density at radius 3 is 2.67 bits per heavy atom. The van der Waals surface area contributed by atoms with Crippen LogP contribution in [0.5, 0.6) is 0 Å². The van der Waals surface area contributed by atoms with Crippen molar-refractivity contribution in [2.45, 2.75) is 19.8 Å². The molecule has 0 aromatic rings. The molecule has 0 unspecified atom stereocenters. The quantitative estimate of drug-likeness (QED) is 0.572. The van der Waals surface area contributed by atoms with Crippen molar-refractivity contribution in [1.82, 2.24) is 0 Å². The predicted octanol–water partition coefficient (Wildman–Crippen LogP) is 1.53. The zero-order chi connectivity index (χ0) is 7.11. The van der Waals surface area contributed by atoms with Gasteiger partial charge in [-0.25, -0.2) is 0 Å². The molecule has 0 saturated heterocycles. The van der Waals surface area contributed by atoms with Crippen LogP contribution in [0, 0.1) is 17.2 Å². The smallest absolute Gasteiger partial charge is 0.0779 e. The highest BCUT2D eigenvalue weighted by atomic mass is 16.5. The van der Waals surface area contributed by atoms with Crippen molar-refractivity contribution in [2.75, 3.05) is 13.7 Å². The standard InChI is InChI=1S/C7H12NO/c1-3-7(6-8)4-5-9-2/h3-5H2,1-2H3. The van der Waals surface area contributed by atoms with Crippen LogP contribution in [0.25, 0.3) is 0 Å². The molecule has 0 N–H and O–H groups in total. The van der Waals surface area contributed by atoms with E-state index in [9.17, 15) is 0 Å². The lowest BCUT2D eigenvalue weighted by atomic mass is 10.1. The molecule has 0 spiro atoms. The molecule has 0 heterocycles. The monoisotopic (exact) mass is 126 g/mol. The Morgan fingerprint density at radius 1 is 1.67 bits per heavy atom. The normalized spacial score (nSPS) is 9.56. The van der Waals surface area contributed by atoms with E-state index in [1.165, 1.54) is 0 Å². The second-order valence-corrected chi connectivity index (χ2v) is 1.81. The Labute approximate surface area is 56.4 Å². The molecule has 0 fully saturated rings. The fourth-order valence-electron chi connectivity index (χ4n) is 0.537. The SMILES string of the molecule is CC[C](C#N)CCOC. The molecule has 0 aromatic carbocycles. The molecular formula is C7H12NO. The van der Waals surface area contributed by atoms with Crippen molar-refractivity contribution in [3.8, 4) is 6.07 Å². The van der Waals surface area contributed by atoms with Crippen LogP contribution in [-0.2, 0) is 4.74 Å². The largest absolute Gasteiger partial charge is 0.385 e. The van der Waals surface area contributed by atoms with Crippen LogP contribution >= 0.6 is 0 Å². The number of hydrogen-bond donors (Lipinski definition) is 0. The summed E-state index contributed by atoms with van der Waals surface area (Å²) >= 11 is 0. The van der Waals surface area contributed by atoms with Gasteiger partial charge >= 0.3 is 0 Å². The fourth-order valence-corrected chi connectivity index (χ4v) is 0.537. The maximum atomic E-state index is 8.41. The Hall–Kier alpha value is -0.550. The van der Waals surface area contributed by atoms with Gasteiger partial charge in [0.1, 0.15) is 0 Å². The second kappa shape index (κ2) is 5.58. The molecule has 2 heteroatoms. The number of hydrogen-bond acceptors (Lipinski definition) is 2. The third-order valence-electron chi connectivity index (χ3n) is 1.19. The average molecular weight is 126 g/mol. The minimum absolute atomic E-state index is 0.663. The molecule has 0 aliphatic rings. The summed E-state index contributed by atoms with van der Waals surface area (Å²) in [6.07, 6.45) is 1.63. The van der Waals surface area contributed by atoms with Gasteiger partial charge in [0.25, 0.3) is 0 Å². The second-order valence-electron chi connectivity index (χ2n) is 1.81. The highest BCUT2D eigenvalue weighted by Crippen LogP contribution is 2.07. The van der Waals surface area contributed by atoms with Gasteiger partial charge in [-0.05, 0) is 12.8 Å². The van der Waals surface area contributed by atoms with Gasteiger partial charge in [0, 0.05) is 13.7 Å². The van der Waals surface area contributed by atoms with E-state index in [0.29, 0.717) is 6.61 Å². The maximum Gasteiger partial charge on any atom is 0.0779 e. The van der Waals surface area contributed by atoms with Crippen LogP contribution in [-0.4, -0.2) is 13.7 Å². The number of methoxy groups -OCH3 is 1. The molecule has 0 aromatic heterocycles. The summed E-state index contributed by atoms with van der Waals surface area (Å²) in [5.41, 5.74) is 0. The van der Waals surface area contributed by atoms with Crippen molar-refractivity contribution >= 4 is 0 Å². The average Bonchev–Trinajstić information content (AvgIpc) is 1.91. The van der Waals surface area contributed by atoms with Gasteiger partial charge in [0.15, 0.2) is 0 Å². The maximum absolute atomic E-state index is 8.41. The molecule has 51 valence electrons. The van der Waals surface area contributed by atoms with Gasteiger partial charge in [-0.3, -0.25) is 0 Å². The van der Waals surface area contributed by atoms with Gasteiger partial charge < -0.3 is 4.74 Å². The van der Waals surface area contributed by atoms with Crippen LogP contribution < -0.4 is 0 Å². The van der Waals surface area contributed by atoms with E-state index < -0.39 is 0 Å². The zero-order valence-corrected chi connectivity index (χ0v) is 5.98. The van der Waals surface area contributed by atoms with Gasteiger partial charge in [-0.2, -0.15) is 5.26 Å². The first-order valence-electron chi connectivity index (χ1n) is 3.08. The van der Waals surface area contributed by atoms with E-state index in [4.69, 9.17) is 10.00 Å². The van der Waals surface area contributed by atoms with E-state index >= 15 is 0 Å². The Balaban J connectivity index is 3.23. The third-order valence-corrected chi connectivity index (χ3v) is 1.19. The Kier molecular flexibility index (Phi) is 5.24. The highest BCUT2D eigenvalue weighted by molar-refractivity contribution is 5.09. The molecule has 0 aliphatic heterocycles. The van der Waals surface area contributed by atoms with Crippen LogP contribution in [0.15, 0.2) is 0 Å². The van der Waals surface area contributed by atoms with Gasteiger partial charge in [-0.1, -0.05) is 6.92 Å². The summed E-state index contributed by atoms with van der Waals surface area (Å²) in [4.78, 5) is 0. The van der Waals surface area contributed by atoms with Crippen molar-refractivity contribution in [3.63, 3.8) is 0 Å². The minimum Gasteiger partial charge on any atom is -0.385 e. The first-order valence-corrected chi connectivity index (χ1v) is 3.08. The van der Waals surface area contributed by atoms with E-state index in [1.54, 1.807) is 7.11 Å². The van der Waals surface area contributed by atoms with Crippen molar-refractivity contribution in [1.29, 1.82) is 5.26 Å². The molecule has 0 amide bonds. The summed E-state index contributed by atoms with van der Waals surface area (Å²) in [5, 5.41) is 8.41. The van der Waals surface area contributed by atoms with Crippen molar-refractivity contribution in [3.05, 3.63) is 5.92 Å². The lowest BCUT2D eigenvalue weighted by Crippen LogP contribution is -1.97. The lowest BCUT2D eigenvalue weighted by Gasteiger charge is -2.01. The summed E-state index contributed by atoms with van der Waals surface area (Å²) < 4.78 is 4.80. The topological polar surface area (TPSA) is 33.0 Å². The summed E-state index contributed by atoms with van der Waals surface area (Å²) in [5.74, 6) is 0.914. The van der Waals surface area contributed by atoms with Gasteiger partial charge in [-0.15, -0.1) is 0 Å². The molecule has 9 heavy (non-hydrogen) atoms. The van der Waals surface area contributed by atoms with E-state index in [2.05, 4.69) is 6.07 Å². The molecule has 2 nitrogen and oxygen atoms in total. The van der Waals surface area contributed by atoms with E-state index in [-0.39, 0.29) is 0 Å². The van der Waals surface area contributed by atoms with Gasteiger partial charge in [0.2, 0.25) is 0 Å².